The third kappa shape index (κ3) is 2.46. The lowest BCUT2D eigenvalue weighted by atomic mass is 9.96. The van der Waals surface area contributed by atoms with Gasteiger partial charge in [0, 0.05) is 23.4 Å². The molecule has 1 aliphatic heterocycles. The zero-order chi connectivity index (χ0) is 13.9. The third-order valence-electron chi connectivity index (χ3n) is 3.93. The predicted octanol–water partition coefficient (Wildman–Crippen LogP) is 3.84. The molecule has 0 aromatic heterocycles. The van der Waals surface area contributed by atoms with Crippen LogP contribution in [0.3, 0.4) is 0 Å². The molecular formula is C18H19NO. The number of rotatable bonds is 3. The van der Waals surface area contributed by atoms with E-state index in [0.717, 1.165) is 36.9 Å². The van der Waals surface area contributed by atoms with E-state index >= 15 is 0 Å². The van der Waals surface area contributed by atoms with E-state index in [1.165, 1.54) is 16.8 Å². The average molecular weight is 265 g/mol. The third-order valence-corrected chi connectivity index (χ3v) is 3.93. The first-order valence-electron chi connectivity index (χ1n) is 7.28. The van der Waals surface area contributed by atoms with Crippen LogP contribution in [0.5, 0.6) is 0 Å². The van der Waals surface area contributed by atoms with E-state index in [0.29, 0.717) is 0 Å². The molecule has 0 saturated heterocycles. The lowest BCUT2D eigenvalue weighted by molar-refractivity contribution is 0.103. The zero-order valence-corrected chi connectivity index (χ0v) is 11.8. The molecule has 2 nitrogen and oxygen atoms in total. The highest BCUT2D eigenvalue weighted by atomic mass is 16.1. The number of benzene rings is 2. The molecule has 2 aromatic carbocycles. The number of anilines is 1. The molecule has 2 heteroatoms. The zero-order valence-electron chi connectivity index (χ0n) is 11.8. The first-order valence-corrected chi connectivity index (χ1v) is 7.28. The van der Waals surface area contributed by atoms with Crippen LogP contribution in [0.25, 0.3) is 0 Å². The monoisotopic (exact) mass is 265 g/mol. The summed E-state index contributed by atoms with van der Waals surface area (Å²) in [7, 11) is 0. The van der Waals surface area contributed by atoms with Crippen molar-refractivity contribution in [2.75, 3.05) is 11.9 Å². The highest BCUT2D eigenvalue weighted by Gasteiger charge is 2.13. The van der Waals surface area contributed by atoms with Crippen molar-refractivity contribution in [2.24, 2.45) is 0 Å². The topological polar surface area (TPSA) is 29.1 Å². The van der Waals surface area contributed by atoms with Gasteiger partial charge >= 0.3 is 0 Å². The second kappa shape index (κ2) is 5.49. The van der Waals surface area contributed by atoms with Crippen LogP contribution in [0.15, 0.2) is 42.5 Å². The molecule has 0 spiro atoms. The number of hydrogen-bond donors (Lipinski definition) is 1. The van der Waals surface area contributed by atoms with Crippen molar-refractivity contribution in [2.45, 2.75) is 26.2 Å². The van der Waals surface area contributed by atoms with Gasteiger partial charge in [-0.25, -0.2) is 0 Å². The van der Waals surface area contributed by atoms with Crippen LogP contribution in [-0.4, -0.2) is 12.3 Å². The number of nitrogens with one attached hydrogen (secondary N) is 1. The van der Waals surface area contributed by atoms with Crippen LogP contribution >= 0.6 is 0 Å². The van der Waals surface area contributed by atoms with Crippen molar-refractivity contribution in [1.29, 1.82) is 0 Å². The molecule has 1 heterocycles. The highest BCUT2D eigenvalue weighted by molar-refractivity contribution is 6.09. The summed E-state index contributed by atoms with van der Waals surface area (Å²) in [6.45, 7) is 3.14. The van der Waals surface area contributed by atoms with Crippen LogP contribution in [0, 0.1) is 0 Å². The van der Waals surface area contributed by atoms with Gasteiger partial charge in [-0.1, -0.05) is 31.2 Å². The Morgan fingerprint density at radius 1 is 1.10 bits per heavy atom. The van der Waals surface area contributed by atoms with Crippen molar-refractivity contribution in [3.8, 4) is 0 Å². The van der Waals surface area contributed by atoms with E-state index in [1.807, 2.05) is 42.5 Å². The summed E-state index contributed by atoms with van der Waals surface area (Å²) >= 11 is 0. The lowest BCUT2D eigenvalue weighted by Gasteiger charge is -2.18. The molecule has 0 radical (unpaired) electrons. The Labute approximate surface area is 119 Å². The number of ketones is 1. The first-order chi connectivity index (χ1) is 9.78. The maximum atomic E-state index is 12.5. The fourth-order valence-corrected chi connectivity index (χ4v) is 2.67. The van der Waals surface area contributed by atoms with E-state index in [2.05, 4.69) is 12.2 Å². The Hall–Kier alpha value is -2.09. The normalized spacial score (nSPS) is 13.4. The smallest absolute Gasteiger partial charge is 0.193 e. The molecule has 0 unspecified atom stereocenters. The molecule has 0 amide bonds. The Bertz CT molecular complexity index is 628. The Morgan fingerprint density at radius 3 is 2.60 bits per heavy atom. The summed E-state index contributed by atoms with van der Waals surface area (Å²) in [5, 5.41) is 3.37. The van der Waals surface area contributed by atoms with Crippen LogP contribution in [0.1, 0.15) is 40.4 Å². The molecule has 0 fully saturated rings. The lowest BCUT2D eigenvalue weighted by Crippen LogP contribution is -2.12. The van der Waals surface area contributed by atoms with Gasteiger partial charge in [-0.05, 0) is 48.6 Å². The molecule has 0 aliphatic carbocycles. The summed E-state index contributed by atoms with van der Waals surface area (Å²) < 4.78 is 0. The minimum atomic E-state index is 0.112. The van der Waals surface area contributed by atoms with E-state index < -0.39 is 0 Å². The summed E-state index contributed by atoms with van der Waals surface area (Å²) in [5.74, 6) is 0.112. The van der Waals surface area contributed by atoms with Gasteiger partial charge in [-0.2, -0.15) is 0 Å². The maximum Gasteiger partial charge on any atom is 0.193 e. The van der Waals surface area contributed by atoms with Gasteiger partial charge in [0.25, 0.3) is 0 Å². The fraction of sp³-hybridized carbons (Fsp3) is 0.278. The predicted molar refractivity (Wildman–Crippen MR) is 82.5 cm³/mol. The summed E-state index contributed by atoms with van der Waals surface area (Å²) in [5.41, 5.74) is 5.25. The van der Waals surface area contributed by atoms with Crippen molar-refractivity contribution in [3.05, 3.63) is 64.7 Å². The molecule has 102 valence electrons. The van der Waals surface area contributed by atoms with E-state index in [9.17, 15) is 4.79 Å². The molecule has 20 heavy (non-hydrogen) atoms. The quantitative estimate of drug-likeness (QED) is 0.854. The van der Waals surface area contributed by atoms with Crippen molar-refractivity contribution >= 4 is 11.5 Å². The molecule has 0 saturated carbocycles. The Balaban J connectivity index is 1.89. The molecule has 1 N–H and O–H groups in total. The van der Waals surface area contributed by atoms with Crippen molar-refractivity contribution < 1.29 is 4.79 Å². The molecule has 3 rings (SSSR count). The van der Waals surface area contributed by atoms with E-state index in [-0.39, 0.29) is 5.78 Å². The number of fused-ring (bicyclic) bond motifs is 1. The van der Waals surface area contributed by atoms with Gasteiger partial charge < -0.3 is 5.32 Å². The molecule has 0 atom stereocenters. The fourth-order valence-electron chi connectivity index (χ4n) is 2.67. The highest BCUT2D eigenvalue weighted by Crippen LogP contribution is 2.24. The number of hydrogen-bond acceptors (Lipinski definition) is 2. The van der Waals surface area contributed by atoms with Crippen LogP contribution < -0.4 is 5.32 Å². The SMILES string of the molecule is CCc1ccc(C(=O)c2ccc3c(c2)CCCN3)cc1. The molecule has 0 bridgehead atoms. The first kappa shape index (κ1) is 12.9. The second-order valence-electron chi connectivity index (χ2n) is 5.28. The standard InChI is InChI=1S/C18H19NO/c1-2-13-5-7-14(8-6-13)18(20)16-9-10-17-15(12-16)4-3-11-19-17/h5-10,12,19H,2-4,11H2,1H3. The van der Waals surface area contributed by atoms with Gasteiger partial charge in [0.05, 0.1) is 0 Å². The number of carbonyl (C=O) groups excluding carboxylic acids is 1. The second-order valence-corrected chi connectivity index (χ2v) is 5.28. The minimum absolute atomic E-state index is 0.112. The summed E-state index contributed by atoms with van der Waals surface area (Å²) in [4.78, 5) is 12.5. The number of aryl methyl sites for hydroxylation is 2. The minimum Gasteiger partial charge on any atom is -0.385 e. The van der Waals surface area contributed by atoms with E-state index in [1.54, 1.807) is 0 Å². The number of carbonyl (C=O) groups is 1. The van der Waals surface area contributed by atoms with Crippen LogP contribution in [0.2, 0.25) is 0 Å². The van der Waals surface area contributed by atoms with Crippen molar-refractivity contribution in [1.82, 2.24) is 0 Å². The molecular weight excluding hydrogens is 246 g/mol. The van der Waals surface area contributed by atoms with Crippen LogP contribution in [-0.2, 0) is 12.8 Å². The van der Waals surface area contributed by atoms with Crippen molar-refractivity contribution in [3.63, 3.8) is 0 Å². The Morgan fingerprint density at radius 2 is 1.85 bits per heavy atom. The largest absolute Gasteiger partial charge is 0.385 e. The van der Waals surface area contributed by atoms with Gasteiger partial charge in [0.15, 0.2) is 5.78 Å². The van der Waals surface area contributed by atoms with E-state index in [4.69, 9.17) is 0 Å². The average Bonchev–Trinajstić information content (AvgIpc) is 2.54. The van der Waals surface area contributed by atoms with Crippen LogP contribution in [0.4, 0.5) is 5.69 Å². The van der Waals surface area contributed by atoms with Gasteiger partial charge in [-0.15, -0.1) is 0 Å². The molecule has 1 aliphatic rings. The maximum absolute atomic E-state index is 12.5. The summed E-state index contributed by atoms with van der Waals surface area (Å²) in [6.07, 6.45) is 3.19. The summed E-state index contributed by atoms with van der Waals surface area (Å²) in [6, 6.07) is 13.9. The van der Waals surface area contributed by atoms with Gasteiger partial charge in [-0.3, -0.25) is 4.79 Å². The molecule has 2 aromatic rings. The van der Waals surface area contributed by atoms with Gasteiger partial charge in [0.2, 0.25) is 0 Å². The van der Waals surface area contributed by atoms with Gasteiger partial charge in [0.1, 0.15) is 0 Å². The Kier molecular flexibility index (Phi) is 3.55.